The van der Waals surface area contributed by atoms with Crippen LogP contribution in [-0.4, -0.2) is 53.8 Å². The second-order valence-electron chi connectivity index (χ2n) is 8.09. The predicted octanol–water partition coefficient (Wildman–Crippen LogP) is 3.02. The van der Waals surface area contributed by atoms with E-state index in [9.17, 15) is 14.6 Å². The molecule has 0 saturated heterocycles. The number of aryl methyl sites for hydroxylation is 3. The van der Waals surface area contributed by atoms with Crippen molar-refractivity contribution in [1.82, 2.24) is 29.9 Å². The fourth-order valence-corrected chi connectivity index (χ4v) is 3.89. The topological polar surface area (TPSA) is 136 Å². The minimum absolute atomic E-state index is 0.208. The molecule has 0 radical (unpaired) electrons. The van der Waals surface area contributed by atoms with Gasteiger partial charge in [-0.2, -0.15) is 0 Å². The van der Waals surface area contributed by atoms with Gasteiger partial charge in [0.1, 0.15) is 0 Å². The third-order valence-electron chi connectivity index (χ3n) is 5.65. The Morgan fingerprint density at radius 1 is 0.811 bits per heavy atom. The quantitative estimate of drug-likeness (QED) is 0.330. The van der Waals surface area contributed by atoms with Gasteiger partial charge in [-0.1, -0.05) is 0 Å². The maximum absolute atomic E-state index is 14.8. The number of rotatable bonds is 10. The van der Waals surface area contributed by atoms with Crippen LogP contribution in [0.2, 0.25) is 0 Å². The molecule has 0 unspecified atom stereocenters. The summed E-state index contributed by atoms with van der Waals surface area (Å²) in [5.74, 6) is 0.133. The first kappa shape index (κ1) is 26.0. The van der Waals surface area contributed by atoms with Gasteiger partial charge in [-0.3, -0.25) is 19.9 Å². The molecule has 0 aliphatic rings. The fourth-order valence-electron chi connectivity index (χ4n) is 3.89. The van der Waals surface area contributed by atoms with Crippen molar-refractivity contribution >= 4 is 0 Å². The molecule has 0 aliphatic heterocycles. The Balaban J connectivity index is 1.74. The van der Waals surface area contributed by atoms with E-state index in [1.165, 1.54) is 25.6 Å². The monoisotopic (exact) mass is 506 g/mol. The molecule has 0 fully saturated rings. The van der Waals surface area contributed by atoms with Crippen molar-refractivity contribution in [3.05, 3.63) is 71.1 Å². The average molecular weight is 507 g/mol. The Bertz CT molecular complexity index is 1400. The number of hydrogen-bond acceptors (Lipinski definition) is 10. The normalized spacial score (nSPS) is 11.0. The van der Waals surface area contributed by atoms with Crippen LogP contribution in [0.25, 0.3) is 22.5 Å². The average Bonchev–Trinajstić information content (AvgIpc) is 2.93. The van der Waals surface area contributed by atoms with Crippen LogP contribution in [0.15, 0.2) is 36.9 Å². The minimum atomic E-state index is -0.558. The Kier molecular flexibility index (Phi) is 8.26. The lowest BCUT2D eigenvalue weighted by Gasteiger charge is -2.14. The molecule has 0 spiro atoms. The van der Waals surface area contributed by atoms with Crippen LogP contribution >= 0.6 is 0 Å². The molecule has 0 amide bonds. The van der Waals surface area contributed by atoms with E-state index in [1.54, 1.807) is 12.3 Å². The molecular formula is C26H27FN6O4. The molecular weight excluding hydrogens is 479 g/mol. The summed E-state index contributed by atoms with van der Waals surface area (Å²) < 4.78 is 25.6. The van der Waals surface area contributed by atoms with E-state index < -0.39 is 5.82 Å². The van der Waals surface area contributed by atoms with Gasteiger partial charge in [-0.25, -0.2) is 14.4 Å². The first-order valence-electron chi connectivity index (χ1n) is 11.7. The standard InChI is InChI=1S/C26H27FN6O4/c1-4-37-24-8-20(21(27)12-29-24)26-22(33-18(14-35)11-31-26)6-5-16-9-28-23(36-3)7-19(16)25-15(2)32-17(13-34)10-30-25/h7-12,34-35H,4-6,13-14H2,1-3H3. The number of ether oxygens (including phenoxy) is 2. The molecule has 0 aliphatic carbocycles. The summed E-state index contributed by atoms with van der Waals surface area (Å²) in [6.45, 7) is 3.50. The van der Waals surface area contributed by atoms with Crippen molar-refractivity contribution in [2.45, 2.75) is 39.9 Å². The summed E-state index contributed by atoms with van der Waals surface area (Å²) in [5, 5.41) is 19.0. The Morgan fingerprint density at radius 3 is 2.16 bits per heavy atom. The van der Waals surface area contributed by atoms with Crippen molar-refractivity contribution in [1.29, 1.82) is 0 Å². The van der Waals surface area contributed by atoms with Crippen LogP contribution in [0.5, 0.6) is 11.8 Å². The number of pyridine rings is 2. The molecule has 4 rings (SSSR count). The number of methoxy groups -OCH3 is 1. The lowest BCUT2D eigenvalue weighted by atomic mass is 9.98. The summed E-state index contributed by atoms with van der Waals surface area (Å²) in [4.78, 5) is 26.2. The van der Waals surface area contributed by atoms with Crippen LogP contribution in [0.1, 0.15) is 35.3 Å². The molecule has 0 aromatic carbocycles. The molecule has 0 saturated carbocycles. The van der Waals surface area contributed by atoms with Crippen molar-refractivity contribution in [2.75, 3.05) is 13.7 Å². The van der Waals surface area contributed by atoms with Gasteiger partial charge in [-0.05, 0) is 32.3 Å². The molecule has 37 heavy (non-hydrogen) atoms. The Hall–Kier alpha value is -4.09. The Morgan fingerprint density at radius 2 is 1.49 bits per heavy atom. The summed E-state index contributed by atoms with van der Waals surface area (Å²) in [7, 11) is 1.53. The predicted molar refractivity (Wildman–Crippen MR) is 132 cm³/mol. The minimum Gasteiger partial charge on any atom is -0.481 e. The SMILES string of the molecule is CCOc1cc(-c2ncc(CO)nc2CCc2cnc(OC)cc2-c2ncc(CO)nc2C)c(F)cn1. The highest BCUT2D eigenvalue weighted by Gasteiger charge is 2.18. The zero-order chi connectivity index (χ0) is 26.4. The summed E-state index contributed by atoms with van der Waals surface area (Å²) in [6.07, 6.45) is 6.55. The van der Waals surface area contributed by atoms with Gasteiger partial charge in [0.15, 0.2) is 5.82 Å². The van der Waals surface area contributed by atoms with E-state index in [0.29, 0.717) is 59.5 Å². The van der Waals surface area contributed by atoms with Crippen molar-refractivity contribution < 1.29 is 24.1 Å². The second kappa shape index (κ2) is 11.8. The van der Waals surface area contributed by atoms with Crippen molar-refractivity contribution in [2.24, 2.45) is 0 Å². The third kappa shape index (κ3) is 5.84. The van der Waals surface area contributed by atoms with Crippen molar-refractivity contribution in [3.8, 4) is 34.3 Å². The van der Waals surface area contributed by atoms with Crippen LogP contribution in [0.4, 0.5) is 4.39 Å². The van der Waals surface area contributed by atoms with E-state index in [2.05, 4.69) is 29.9 Å². The van der Waals surface area contributed by atoms with Gasteiger partial charge in [0.2, 0.25) is 11.8 Å². The van der Waals surface area contributed by atoms with E-state index in [0.717, 1.165) is 17.3 Å². The first-order chi connectivity index (χ1) is 18.0. The number of hydrogen-bond donors (Lipinski definition) is 2. The fraction of sp³-hybridized carbons (Fsp3) is 0.308. The maximum Gasteiger partial charge on any atom is 0.214 e. The lowest BCUT2D eigenvalue weighted by Crippen LogP contribution is -2.07. The Labute approximate surface area is 213 Å². The largest absolute Gasteiger partial charge is 0.481 e. The number of halogens is 1. The summed E-state index contributed by atoms with van der Waals surface area (Å²) >= 11 is 0. The van der Waals surface area contributed by atoms with Crippen LogP contribution in [0.3, 0.4) is 0 Å². The summed E-state index contributed by atoms with van der Waals surface area (Å²) in [5.41, 5.74) is 4.76. The molecule has 0 atom stereocenters. The molecule has 2 N–H and O–H groups in total. The number of nitrogens with zero attached hydrogens (tertiary/aromatic N) is 6. The van der Waals surface area contributed by atoms with Crippen LogP contribution in [0, 0.1) is 12.7 Å². The highest BCUT2D eigenvalue weighted by molar-refractivity contribution is 5.67. The van der Waals surface area contributed by atoms with E-state index in [1.807, 2.05) is 13.8 Å². The zero-order valence-corrected chi connectivity index (χ0v) is 20.8. The second-order valence-corrected chi connectivity index (χ2v) is 8.09. The molecule has 10 nitrogen and oxygen atoms in total. The highest BCUT2D eigenvalue weighted by Crippen LogP contribution is 2.30. The molecule has 4 heterocycles. The van der Waals surface area contributed by atoms with Gasteiger partial charge in [0.25, 0.3) is 0 Å². The van der Waals surface area contributed by atoms with Crippen molar-refractivity contribution in [3.63, 3.8) is 0 Å². The zero-order valence-electron chi connectivity index (χ0n) is 20.8. The van der Waals surface area contributed by atoms with E-state index in [4.69, 9.17) is 9.47 Å². The van der Waals surface area contributed by atoms with Crippen LogP contribution < -0.4 is 9.47 Å². The number of aromatic nitrogens is 6. The van der Waals surface area contributed by atoms with Gasteiger partial charge >= 0.3 is 0 Å². The van der Waals surface area contributed by atoms with Gasteiger partial charge in [0, 0.05) is 29.5 Å². The number of aliphatic hydroxyl groups excluding tert-OH is 2. The van der Waals surface area contributed by atoms with E-state index >= 15 is 0 Å². The van der Waals surface area contributed by atoms with Gasteiger partial charge < -0.3 is 19.7 Å². The lowest BCUT2D eigenvalue weighted by molar-refractivity contribution is 0.276. The molecule has 192 valence electrons. The smallest absolute Gasteiger partial charge is 0.214 e. The summed E-state index contributed by atoms with van der Waals surface area (Å²) in [6, 6.07) is 3.27. The first-order valence-corrected chi connectivity index (χ1v) is 11.7. The number of aliphatic hydroxyl groups is 2. The van der Waals surface area contributed by atoms with Gasteiger partial charge in [0.05, 0.1) is 79.7 Å². The molecule has 4 aromatic heterocycles. The van der Waals surface area contributed by atoms with E-state index in [-0.39, 0.29) is 24.7 Å². The highest BCUT2D eigenvalue weighted by atomic mass is 19.1. The van der Waals surface area contributed by atoms with Gasteiger partial charge in [-0.15, -0.1) is 0 Å². The molecule has 11 heteroatoms. The third-order valence-corrected chi connectivity index (χ3v) is 5.65. The maximum atomic E-state index is 14.8. The molecule has 0 bridgehead atoms. The van der Waals surface area contributed by atoms with Crippen LogP contribution in [-0.2, 0) is 26.1 Å². The molecule has 4 aromatic rings.